The Morgan fingerprint density at radius 3 is 2.45 bits per heavy atom. The van der Waals surface area contributed by atoms with Crippen molar-refractivity contribution in [2.75, 3.05) is 25.5 Å². The molecule has 1 fully saturated rings. The number of carbonyl (C=O) groups excluding carboxylic acids is 1. The van der Waals surface area contributed by atoms with Gasteiger partial charge in [0, 0.05) is 23.6 Å². The smallest absolute Gasteiger partial charge is 0.411 e. The maximum Gasteiger partial charge on any atom is 0.411 e. The number of ether oxygens (including phenoxy) is 2. The van der Waals surface area contributed by atoms with Crippen LogP contribution in [0.25, 0.3) is 0 Å². The summed E-state index contributed by atoms with van der Waals surface area (Å²) in [6.45, 7) is 4.36. The molecule has 3 rings (SSSR count). The first-order chi connectivity index (χ1) is 13.8. The molecule has 1 aromatic heterocycles. The molecule has 10 heteroatoms. The molecule has 0 radical (unpaired) electrons. The van der Waals surface area contributed by atoms with Crippen LogP contribution in [0.15, 0.2) is 35.2 Å². The van der Waals surface area contributed by atoms with Crippen LogP contribution in [0, 0.1) is 13.8 Å². The second kappa shape index (κ2) is 8.75. The number of rotatable bonds is 5. The Morgan fingerprint density at radius 2 is 1.83 bits per heavy atom. The third-order valence-corrected chi connectivity index (χ3v) is 6.38. The van der Waals surface area contributed by atoms with E-state index in [1.165, 1.54) is 35.7 Å². The van der Waals surface area contributed by atoms with E-state index in [1.54, 1.807) is 0 Å². The van der Waals surface area contributed by atoms with Crippen molar-refractivity contribution in [3.05, 3.63) is 41.7 Å². The second-order valence-electron chi connectivity index (χ2n) is 6.82. The fraction of sp³-hybridized carbons (Fsp3) is 0.421. The third-order valence-electron chi connectivity index (χ3n) is 4.50. The van der Waals surface area contributed by atoms with E-state index in [1.807, 2.05) is 19.9 Å². The Morgan fingerprint density at radius 1 is 1.17 bits per heavy atom. The normalized spacial score (nSPS) is 17.6. The molecule has 29 heavy (non-hydrogen) atoms. The van der Waals surface area contributed by atoms with Crippen molar-refractivity contribution in [1.82, 2.24) is 14.3 Å². The lowest BCUT2D eigenvalue weighted by atomic mass is 10.1. The highest BCUT2D eigenvalue weighted by Gasteiger charge is 2.31. The predicted octanol–water partition coefficient (Wildman–Crippen LogP) is 2.50. The van der Waals surface area contributed by atoms with E-state index in [-0.39, 0.29) is 23.6 Å². The number of hydrogen-bond donors (Lipinski definition) is 1. The summed E-state index contributed by atoms with van der Waals surface area (Å²) in [7, 11) is -2.43. The number of piperidine rings is 1. The molecule has 1 aliphatic heterocycles. The van der Waals surface area contributed by atoms with E-state index in [4.69, 9.17) is 4.74 Å². The summed E-state index contributed by atoms with van der Waals surface area (Å²) in [5, 5.41) is 2.49. The standard InChI is InChI=1S/C19H24N4O5S/c1-13-11-14(2)21-18(20-13)28-16-5-4-10-23(12-16)29(25,26)17-8-6-15(7-9-17)22-19(24)27-3/h6-9,11,16H,4-5,10,12H2,1-3H3,(H,22,24). The number of methoxy groups -OCH3 is 1. The average Bonchev–Trinajstić information content (AvgIpc) is 2.67. The van der Waals surface area contributed by atoms with Gasteiger partial charge in [0.2, 0.25) is 10.0 Å². The van der Waals surface area contributed by atoms with Gasteiger partial charge >= 0.3 is 12.1 Å². The predicted molar refractivity (Wildman–Crippen MR) is 106 cm³/mol. The number of nitrogens with zero attached hydrogens (tertiary/aromatic N) is 3. The van der Waals surface area contributed by atoms with Crippen molar-refractivity contribution in [2.24, 2.45) is 0 Å². The Bertz CT molecular complexity index is 958. The molecule has 1 amide bonds. The quantitative estimate of drug-likeness (QED) is 0.791. The Kier molecular flexibility index (Phi) is 6.33. The van der Waals surface area contributed by atoms with Gasteiger partial charge < -0.3 is 9.47 Å². The summed E-state index contributed by atoms with van der Waals surface area (Å²) in [6.07, 6.45) is 0.464. The summed E-state index contributed by atoms with van der Waals surface area (Å²) in [5.74, 6) is 0. The number of benzene rings is 1. The molecule has 0 spiro atoms. The number of aromatic nitrogens is 2. The summed E-state index contributed by atoms with van der Waals surface area (Å²) >= 11 is 0. The monoisotopic (exact) mass is 420 g/mol. The van der Waals surface area contributed by atoms with E-state index in [9.17, 15) is 13.2 Å². The SMILES string of the molecule is COC(=O)Nc1ccc(S(=O)(=O)N2CCCC(Oc3nc(C)cc(C)n3)C2)cc1. The van der Waals surface area contributed by atoms with Crippen molar-refractivity contribution >= 4 is 21.8 Å². The van der Waals surface area contributed by atoms with Crippen LogP contribution in [-0.2, 0) is 14.8 Å². The zero-order chi connectivity index (χ0) is 21.0. The van der Waals surface area contributed by atoms with E-state index in [0.29, 0.717) is 18.7 Å². The fourth-order valence-electron chi connectivity index (χ4n) is 3.14. The molecule has 1 aliphatic rings. The molecule has 2 heterocycles. The first-order valence-corrected chi connectivity index (χ1v) is 10.7. The molecule has 1 saturated heterocycles. The molecule has 2 aromatic rings. The number of anilines is 1. The van der Waals surface area contributed by atoms with Crippen LogP contribution in [0.2, 0.25) is 0 Å². The van der Waals surface area contributed by atoms with Crippen LogP contribution in [0.4, 0.5) is 10.5 Å². The minimum Gasteiger partial charge on any atom is -0.459 e. The van der Waals surface area contributed by atoms with Gasteiger partial charge in [-0.15, -0.1) is 0 Å². The zero-order valence-electron chi connectivity index (χ0n) is 16.6. The highest BCUT2D eigenvalue weighted by Crippen LogP contribution is 2.24. The number of carbonyl (C=O) groups is 1. The van der Waals surface area contributed by atoms with Gasteiger partial charge in [0.25, 0.3) is 0 Å². The lowest BCUT2D eigenvalue weighted by Gasteiger charge is -2.31. The third kappa shape index (κ3) is 5.21. The Hall–Kier alpha value is -2.72. The summed E-state index contributed by atoms with van der Waals surface area (Å²) in [4.78, 5) is 19.9. The summed E-state index contributed by atoms with van der Waals surface area (Å²) < 4.78 is 37.8. The van der Waals surface area contributed by atoms with Gasteiger partial charge in [0.1, 0.15) is 6.10 Å². The number of sulfonamides is 1. The summed E-state index contributed by atoms with van der Waals surface area (Å²) in [5.41, 5.74) is 2.05. The van der Waals surface area contributed by atoms with Gasteiger partial charge in [-0.2, -0.15) is 4.31 Å². The number of hydrogen-bond acceptors (Lipinski definition) is 7. The van der Waals surface area contributed by atoms with Gasteiger partial charge in [0.15, 0.2) is 0 Å². The van der Waals surface area contributed by atoms with Gasteiger partial charge in [-0.1, -0.05) is 0 Å². The van der Waals surface area contributed by atoms with E-state index >= 15 is 0 Å². The van der Waals surface area contributed by atoms with Crippen LogP contribution < -0.4 is 10.1 Å². The molecule has 9 nitrogen and oxygen atoms in total. The van der Waals surface area contributed by atoms with Crippen LogP contribution >= 0.6 is 0 Å². The number of nitrogens with one attached hydrogen (secondary N) is 1. The molecular weight excluding hydrogens is 396 g/mol. The zero-order valence-corrected chi connectivity index (χ0v) is 17.4. The van der Waals surface area contributed by atoms with Crippen LogP contribution in [0.3, 0.4) is 0 Å². The van der Waals surface area contributed by atoms with Gasteiger partial charge in [-0.05, 0) is 57.0 Å². The lowest BCUT2D eigenvalue weighted by Crippen LogP contribution is -2.44. The highest BCUT2D eigenvalue weighted by molar-refractivity contribution is 7.89. The van der Waals surface area contributed by atoms with Gasteiger partial charge in [-0.3, -0.25) is 5.32 Å². The first-order valence-electron chi connectivity index (χ1n) is 9.22. The molecule has 0 aliphatic carbocycles. The highest BCUT2D eigenvalue weighted by atomic mass is 32.2. The molecule has 0 saturated carbocycles. The topological polar surface area (TPSA) is 111 Å². The average molecular weight is 420 g/mol. The number of amides is 1. The minimum absolute atomic E-state index is 0.149. The van der Waals surface area contributed by atoms with Crippen LogP contribution in [-0.4, -0.2) is 55.1 Å². The molecule has 1 N–H and O–H groups in total. The Balaban J connectivity index is 1.70. The van der Waals surface area contributed by atoms with E-state index < -0.39 is 16.1 Å². The van der Waals surface area contributed by atoms with Crippen molar-refractivity contribution in [3.63, 3.8) is 0 Å². The molecule has 156 valence electrons. The van der Waals surface area contributed by atoms with Crippen LogP contribution in [0.5, 0.6) is 6.01 Å². The maximum atomic E-state index is 13.0. The van der Waals surface area contributed by atoms with Crippen molar-refractivity contribution < 1.29 is 22.7 Å². The fourth-order valence-corrected chi connectivity index (χ4v) is 4.65. The van der Waals surface area contributed by atoms with E-state index in [2.05, 4.69) is 20.0 Å². The Labute approximate surface area is 170 Å². The van der Waals surface area contributed by atoms with E-state index in [0.717, 1.165) is 17.8 Å². The minimum atomic E-state index is -3.69. The molecule has 1 unspecified atom stereocenters. The molecule has 0 bridgehead atoms. The van der Waals surface area contributed by atoms with Crippen molar-refractivity contribution in [3.8, 4) is 6.01 Å². The van der Waals surface area contributed by atoms with Crippen LogP contribution in [0.1, 0.15) is 24.2 Å². The second-order valence-corrected chi connectivity index (χ2v) is 8.76. The lowest BCUT2D eigenvalue weighted by molar-refractivity contribution is 0.119. The largest absolute Gasteiger partial charge is 0.459 e. The van der Waals surface area contributed by atoms with Crippen molar-refractivity contribution in [2.45, 2.75) is 37.7 Å². The van der Waals surface area contributed by atoms with Gasteiger partial charge in [-0.25, -0.2) is 23.2 Å². The molecule has 1 aromatic carbocycles. The van der Waals surface area contributed by atoms with Gasteiger partial charge in [0.05, 0.1) is 18.6 Å². The number of aryl methyl sites for hydroxylation is 2. The molecular formula is C19H24N4O5S. The first kappa shape index (κ1) is 21.0. The summed E-state index contributed by atoms with van der Waals surface area (Å²) in [6, 6.07) is 8.07. The van der Waals surface area contributed by atoms with Crippen molar-refractivity contribution in [1.29, 1.82) is 0 Å². The maximum absolute atomic E-state index is 13.0. The molecule has 1 atom stereocenters.